The fraction of sp³-hybridized carbons (Fsp3) is 0.0625. The molecule has 6 nitrogen and oxygen atoms in total. The van der Waals surface area contributed by atoms with Crippen molar-refractivity contribution in [1.82, 2.24) is 19.6 Å². The largest absolute Gasteiger partial charge is 0.324 e. The monoisotopic (exact) mass is 322 g/mol. The molecule has 0 radical (unpaired) electrons. The number of nitrogens with one attached hydrogen (secondary N) is 2. The van der Waals surface area contributed by atoms with Crippen LogP contribution >= 0.6 is 11.6 Å². The molecule has 0 atom stereocenters. The van der Waals surface area contributed by atoms with E-state index in [0.717, 1.165) is 22.3 Å². The van der Waals surface area contributed by atoms with E-state index in [2.05, 4.69) is 26.5 Å². The van der Waals surface area contributed by atoms with Crippen LogP contribution in [0, 0.1) is 18.3 Å². The van der Waals surface area contributed by atoms with Crippen LogP contribution in [0.15, 0.2) is 36.4 Å². The number of rotatable bonds is 2. The number of H-pyrrole nitrogens is 1. The molecular formula is C16H11ClN6. The zero-order chi connectivity index (χ0) is 16.0. The number of nitriles is 1. The topological polar surface area (TPSA) is 81.8 Å². The number of benzene rings is 2. The minimum atomic E-state index is 0.546. The van der Waals surface area contributed by atoms with E-state index in [0.29, 0.717) is 22.3 Å². The molecule has 4 aromatic rings. The van der Waals surface area contributed by atoms with Gasteiger partial charge in [0.15, 0.2) is 0 Å². The van der Waals surface area contributed by atoms with Crippen LogP contribution in [0.5, 0.6) is 0 Å². The van der Waals surface area contributed by atoms with Crippen LogP contribution in [0.4, 0.5) is 11.6 Å². The molecule has 0 unspecified atom stereocenters. The quantitative estimate of drug-likeness (QED) is 0.588. The normalized spacial score (nSPS) is 11.0. The van der Waals surface area contributed by atoms with Gasteiger partial charge in [-0.3, -0.25) is 5.10 Å². The Balaban J connectivity index is 1.76. The Bertz CT molecular complexity index is 1090. The standard InChI is InChI=1S/C16H11ClN6/c1-9-6-11(17)3-4-12(9)19-15-21-16-20-13-7-10(8-18)2-5-14(13)23(16)22-15/h2-7H,1H3,(H2,19,20,21,22). The molecule has 112 valence electrons. The van der Waals surface area contributed by atoms with E-state index in [1.165, 1.54) is 0 Å². The van der Waals surface area contributed by atoms with Crippen LogP contribution in [0.3, 0.4) is 0 Å². The maximum Gasteiger partial charge on any atom is 0.253 e. The highest BCUT2D eigenvalue weighted by molar-refractivity contribution is 6.30. The lowest BCUT2D eigenvalue weighted by Crippen LogP contribution is -1.95. The Labute approximate surface area is 136 Å². The Kier molecular flexibility index (Phi) is 2.96. The molecule has 0 amide bonds. The summed E-state index contributed by atoms with van der Waals surface area (Å²) in [6.45, 7) is 1.97. The highest BCUT2D eigenvalue weighted by Gasteiger charge is 2.11. The summed E-state index contributed by atoms with van der Waals surface area (Å²) in [7, 11) is 0. The van der Waals surface area contributed by atoms with Gasteiger partial charge in [-0.2, -0.15) is 10.2 Å². The molecule has 2 heterocycles. The third-order valence-corrected chi connectivity index (χ3v) is 3.87. The van der Waals surface area contributed by atoms with Gasteiger partial charge < -0.3 is 5.32 Å². The van der Waals surface area contributed by atoms with E-state index in [1.807, 2.05) is 31.2 Å². The van der Waals surface area contributed by atoms with Crippen molar-refractivity contribution in [2.75, 3.05) is 5.32 Å². The summed E-state index contributed by atoms with van der Waals surface area (Å²) in [6, 6.07) is 13.1. The second kappa shape index (κ2) is 5.00. The van der Waals surface area contributed by atoms with Crippen LogP contribution in [0.25, 0.3) is 16.8 Å². The van der Waals surface area contributed by atoms with Gasteiger partial charge in [-0.05, 0) is 48.9 Å². The van der Waals surface area contributed by atoms with Crippen molar-refractivity contribution in [2.45, 2.75) is 6.92 Å². The first-order chi connectivity index (χ1) is 11.1. The number of nitrogens with zero attached hydrogens (tertiary/aromatic N) is 4. The van der Waals surface area contributed by atoms with Crippen molar-refractivity contribution in [3.8, 4) is 6.07 Å². The molecule has 0 saturated carbocycles. The number of fused-ring (bicyclic) bond motifs is 3. The summed E-state index contributed by atoms with van der Waals surface area (Å²) in [6.07, 6.45) is 0. The second-order valence-electron chi connectivity index (χ2n) is 5.22. The Morgan fingerprint density at radius 1 is 1.22 bits per heavy atom. The summed E-state index contributed by atoms with van der Waals surface area (Å²) in [5.74, 6) is 1.13. The lowest BCUT2D eigenvalue weighted by molar-refractivity contribution is 1.01. The molecule has 0 spiro atoms. The second-order valence-corrected chi connectivity index (χ2v) is 5.66. The van der Waals surface area contributed by atoms with Crippen LogP contribution in [-0.4, -0.2) is 19.6 Å². The first-order valence-corrected chi connectivity index (χ1v) is 7.33. The van der Waals surface area contributed by atoms with Crippen molar-refractivity contribution in [3.63, 3.8) is 0 Å². The molecule has 2 aromatic carbocycles. The summed E-state index contributed by atoms with van der Waals surface area (Å²) in [5.41, 5.74) is 4.12. The molecule has 0 bridgehead atoms. The molecule has 2 N–H and O–H groups in total. The molecule has 0 aliphatic heterocycles. The van der Waals surface area contributed by atoms with Crippen LogP contribution in [0.2, 0.25) is 5.02 Å². The van der Waals surface area contributed by atoms with Gasteiger partial charge in [-0.15, -0.1) is 0 Å². The number of halogens is 1. The van der Waals surface area contributed by atoms with Crippen molar-refractivity contribution in [3.05, 3.63) is 52.5 Å². The lowest BCUT2D eigenvalue weighted by Gasteiger charge is -2.06. The Hall–Kier alpha value is -3.04. The number of aromatic nitrogens is 4. The summed E-state index contributed by atoms with van der Waals surface area (Å²) >= 11 is 5.97. The van der Waals surface area contributed by atoms with E-state index in [9.17, 15) is 0 Å². The minimum Gasteiger partial charge on any atom is -0.324 e. The van der Waals surface area contributed by atoms with E-state index < -0.39 is 0 Å². The third kappa shape index (κ3) is 2.28. The van der Waals surface area contributed by atoms with Crippen molar-refractivity contribution < 1.29 is 0 Å². The highest BCUT2D eigenvalue weighted by Crippen LogP contribution is 2.23. The highest BCUT2D eigenvalue weighted by atomic mass is 35.5. The Morgan fingerprint density at radius 2 is 2.09 bits per heavy atom. The molecule has 4 rings (SSSR count). The molecule has 7 heteroatoms. The molecule has 0 aliphatic rings. The van der Waals surface area contributed by atoms with E-state index >= 15 is 0 Å². The van der Waals surface area contributed by atoms with Gasteiger partial charge >= 0.3 is 0 Å². The average molecular weight is 323 g/mol. The zero-order valence-corrected chi connectivity index (χ0v) is 12.9. The number of imidazole rings is 1. The average Bonchev–Trinajstić information content (AvgIpc) is 3.06. The molecular weight excluding hydrogens is 312 g/mol. The van der Waals surface area contributed by atoms with Gasteiger partial charge in [0, 0.05) is 10.7 Å². The van der Waals surface area contributed by atoms with Crippen molar-refractivity contribution in [2.24, 2.45) is 0 Å². The fourth-order valence-corrected chi connectivity index (χ4v) is 2.73. The number of anilines is 2. The lowest BCUT2D eigenvalue weighted by atomic mass is 10.2. The zero-order valence-electron chi connectivity index (χ0n) is 12.1. The van der Waals surface area contributed by atoms with Crippen molar-refractivity contribution >= 4 is 40.0 Å². The summed E-state index contributed by atoms with van der Waals surface area (Å²) in [5, 5.41) is 16.0. The maximum atomic E-state index is 8.95. The minimum absolute atomic E-state index is 0.546. The van der Waals surface area contributed by atoms with Gasteiger partial charge in [-0.25, -0.2) is 9.50 Å². The SMILES string of the molecule is Cc1cc(Cl)ccc1Nc1nc2nc3cc(C#N)ccc3n2[nH]1. The molecule has 2 aromatic heterocycles. The smallest absolute Gasteiger partial charge is 0.253 e. The predicted octanol–water partition coefficient (Wildman–Crippen LogP) is 3.79. The van der Waals surface area contributed by atoms with E-state index in [4.69, 9.17) is 16.9 Å². The molecule has 0 fully saturated rings. The molecule has 23 heavy (non-hydrogen) atoms. The van der Waals surface area contributed by atoms with Gasteiger partial charge in [0.05, 0.1) is 22.7 Å². The maximum absolute atomic E-state index is 8.95. The van der Waals surface area contributed by atoms with E-state index in [1.54, 1.807) is 16.6 Å². The summed E-state index contributed by atoms with van der Waals surface area (Å²) < 4.78 is 1.78. The van der Waals surface area contributed by atoms with E-state index in [-0.39, 0.29) is 0 Å². The first-order valence-electron chi connectivity index (χ1n) is 6.95. The van der Waals surface area contributed by atoms with Gasteiger partial charge in [-0.1, -0.05) is 11.6 Å². The summed E-state index contributed by atoms with van der Waals surface area (Å²) in [4.78, 5) is 8.86. The third-order valence-electron chi connectivity index (χ3n) is 3.64. The van der Waals surface area contributed by atoms with Crippen molar-refractivity contribution in [1.29, 1.82) is 5.26 Å². The number of aryl methyl sites for hydroxylation is 1. The van der Waals surface area contributed by atoms with Crippen LogP contribution in [0.1, 0.15) is 11.1 Å². The molecule has 0 aliphatic carbocycles. The van der Waals surface area contributed by atoms with Gasteiger partial charge in [0.25, 0.3) is 5.78 Å². The van der Waals surface area contributed by atoms with Gasteiger partial charge in [0.2, 0.25) is 5.95 Å². The number of aromatic amines is 1. The Morgan fingerprint density at radius 3 is 2.87 bits per heavy atom. The number of hydrogen-bond donors (Lipinski definition) is 2. The number of hydrogen-bond acceptors (Lipinski definition) is 4. The first kappa shape index (κ1) is 13.6. The van der Waals surface area contributed by atoms with Crippen LogP contribution in [-0.2, 0) is 0 Å². The fourth-order valence-electron chi connectivity index (χ4n) is 2.50. The van der Waals surface area contributed by atoms with Gasteiger partial charge in [0.1, 0.15) is 0 Å². The van der Waals surface area contributed by atoms with Crippen LogP contribution < -0.4 is 5.32 Å². The predicted molar refractivity (Wildman–Crippen MR) is 89.0 cm³/mol. The molecule has 0 saturated heterocycles.